The fourth-order valence-electron chi connectivity index (χ4n) is 2.04. The minimum absolute atomic E-state index is 0.274. The molecule has 0 aliphatic heterocycles. The van der Waals surface area contributed by atoms with Crippen LogP contribution in [0.3, 0.4) is 0 Å². The Bertz CT molecular complexity index is 846. The lowest BCUT2D eigenvalue weighted by molar-refractivity contribution is 0.523. The Morgan fingerprint density at radius 2 is 1.85 bits per heavy atom. The van der Waals surface area contributed by atoms with E-state index in [9.17, 15) is 12.8 Å². The second-order valence-corrected chi connectivity index (χ2v) is 9.23. The predicted octanol–water partition coefficient (Wildman–Crippen LogP) is 2.39. The summed E-state index contributed by atoms with van der Waals surface area (Å²) in [4.78, 5) is 5.35. The van der Waals surface area contributed by atoms with Crippen LogP contribution in [-0.4, -0.2) is 39.3 Å². The van der Waals surface area contributed by atoms with Crippen molar-refractivity contribution < 1.29 is 12.8 Å². The second kappa shape index (κ2) is 9.11. The van der Waals surface area contributed by atoms with E-state index in [1.54, 1.807) is 24.3 Å². The van der Waals surface area contributed by atoms with Gasteiger partial charge in [-0.05, 0) is 36.8 Å². The number of aliphatic imine (C=N–C) groups is 1. The highest BCUT2D eigenvalue weighted by molar-refractivity contribution is 7.91. The first kappa shape index (κ1) is 20.3. The average Bonchev–Trinajstić information content (AvgIpc) is 3.08. The molecule has 2 aromatic rings. The SMILES string of the molecule is CCNC(=NCc1ccc(F)cc1)NCc1ccc(S(=O)(=O)N(C)C)s1. The molecule has 1 aromatic carbocycles. The topological polar surface area (TPSA) is 73.8 Å². The number of hydrogen-bond acceptors (Lipinski definition) is 4. The van der Waals surface area contributed by atoms with Gasteiger partial charge in [-0.25, -0.2) is 22.1 Å². The van der Waals surface area contributed by atoms with Crippen LogP contribution in [0.1, 0.15) is 17.4 Å². The molecule has 26 heavy (non-hydrogen) atoms. The summed E-state index contributed by atoms with van der Waals surface area (Å²) in [6.45, 7) is 3.53. The lowest BCUT2D eigenvalue weighted by atomic mass is 10.2. The van der Waals surface area contributed by atoms with Crippen LogP contribution in [0, 0.1) is 5.82 Å². The van der Waals surface area contributed by atoms with E-state index in [0.29, 0.717) is 29.8 Å². The van der Waals surface area contributed by atoms with Gasteiger partial charge in [0.2, 0.25) is 0 Å². The zero-order chi connectivity index (χ0) is 19.2. The molecule has 0 saturated heterocycles. The first-order valence-electron chi connectivity index (χ1n) is 8.10. The maximum absolute atomic E-state index is 12.9. The second-order valence-electron chi connectivity index (χ2n) is 5.68. The molecule has 1 heterocycles. The number of guanidine groups is 1. The summed E-state index contributed by atoms with van der Waals surface area (Å²) >= 11 is 1.23. The lowest BCUT2D eigenvalue weighted by Crippen LogP contribution is -2.36. The lowest BCUT2D eigenvalue weighted by Gasteiger charge is -2.11. The van der Waals surface area contributed by atoms with Gasteiger partial charge in [0.05, 0.1) is 13.1 Å². The first-order chi connectivity index (χ1) is 12.3. The van der Waals surface area contributed by atoms with Crippen LogP contribution in [0.4, 0.5) is 4.39 Å². The van der Waals surface area contributed by atoms with E-state index in [1.165, 1.54) is 41.9 Å². The first-order valence-corrected chi connectivity index (χ1v) is 10.4. The largest absolute Gasteiger partial charge is 0.357 e. The molecule has 0 radical (unpaired) electrons. The summed E-state index contributed by atoms with van der Waals surface area (Å²) in [6.07, 6.45) is 0. The zero-order valence-electron chi connectivity index (χ0n) is 15.0. The molecular formula is C17H23FN4O2S2. The van der Waals surface area contributed by atoms with Crippen LogP contribution in [0.25, 0.3) is 0 Å². The van der Waals surface area contributed by atoms with E-state index in [4.69, 9.17) is 0 Å². The molecule has 0 fully saturated rings. The summed E-state index contributed by atoms with van der Waals surface area (Å²) in [5.74, 6) is 0.339. The third kappa shape index (κ3) is 5.52. The molecule has 0 amide bonds. The highest BCUT2D eigenvalue weighted by Gasteiger charge is 2.19. The molecule has 2 rings (SSSR count). The van der Waals surface area contributed by atoms with Crippen molar-refractivity contribution in [2.45, 2.75) is 24.2 Å². The van der Waals surface area contributed by atoms with E-state index in [1.807, 2.05) is 6.92 Å². The van der Waals surface area contributed by atoms with Gasteiger partial charge >= 0.3 is 0 Å². The monoisotopic (exact) mass is 398 g/mol. The fraction of sp³-hybridized carbons (Fsp3) is 0.353. The van der Waals surface area contributed by atoms with Crippen molar-refractivity contribution in [2.75, 3.05) is 20.6 Å². The number of nitrogens with zero attached hydrogens (tertiary/aromatic N) is 2. The summed E-state index contributed by atoms with van der Waals surface area (Å²) in [5.41, 5.74) is 0.902. The van der Waals surface area contributed by atoms with Crippen molar-refractivity contribution >= 4 is 27.3 Å². The molecule has 1 aromatic heterocycles. The molecular weight excluding hydrogens is 375 g/mol. The van der Waals surface area contributed by atoms with Gasteiger partial charge in [-0.15, -0.1) is 11.3 Å². The van der Waals surface area contributed by atoms with Crippen LogP contribution in [0.5, 0.6) is 0 Å². The van der Waals surface area contributed by atoms with Crippen molar-refractivity contribution in [3.8, 4) is 0 Å². The minimum atomic E-state index is -3.41. The summed E-state index contributed by atoms with van der Waals surface area (Å²) in [5, 5.41) is 6.31. The normalized spacial score (nSPS) is 12.4. The predicted molar refractivity (Wildman–Crippen MR) is 103 cm³/mol. The van der Waals surface area contributed by atoms with Gasteiger partial charge in [0.25, 0.3) is 10.0 Å². The maximum atomic E-state index is 12.9. The molecule has 2 N–H and O–H groups in total. The van der Waals surface area contributed by atoms with Gasteiger partial charge in [0.15, 0.2) is 5.96 Å². The number of benzene rings is 1. The van der Waals surface area contributed by atoms with E-state index >= 15 is 0 Å². The summed E-state index contributed by atoms with van der Waals surface area (Å²) < 4.78 is 38.7. The fourth-order valence-corrected chi connectivity index (χ4v) is 4.51. The van der Waals surface area contributed by atoms with Crippen molar-refractivity contribution in [3.05, 3.63) is 52.7 Å². The van der Waals surface area contributed by atoms with Crippen molar-refractivity contribution in [1.82, 2.24) is 14.9 Å². The average molecular weight is 399 g/mol. The third-order valence-electron chi connectivity index (χ3n) is 3.48. The Morgan fingerprint density at radius 1 is 1.15 bits per heavy atom. The highest BCUT2D eigenvalue weighted by Crippen LogP contribution is 2.23. The highest BCUT2D eigenvalue weighted by atomic mass is 32.2. The number of thiophene rings is 1. The maximum Gasteiger partial charge on any atom is 0.252 e. The van der Waals surface area contributed by atoms with Crippen LogP contribution in [-0.2, 0) is 23.1 Å². The Hall–Kier alpha value is -1.97. The van der Waals surface area contributed by atoms with Gasteiger partial charge in [-0.1, -0.05) is 12.1 Å². The van der Waals surface area contributed by atoms with E-state index < -0.39 is 10.0 Å². The number of nitrogens with one attached hydrogen (secondary N) is 2. The van der Waals surface area contributed by atoms with Crippen molar-refractivity contribution in [2.24, 2.45) is 4.99 Å². The van der Waals surface area contributed by atoms with E-state index in [0.717, 1.165) is 10.4 Å². The van der Waals surface area contributed by atoms with Gasteiger partial charge in [0.1, 0.15) is 10.0 Å². The third-order valence-corrected chi connectivity index (χ3v) is 6.85. The Morgan fingerprint density at radius 3 is 2.46 bits per heavy atom. The number of sulfonamides is 1. The van der Waals surface area contributed by atoms with Crippen molar-refractivity contribution in [3.63, 3.8) is 0 Å². The van der Waals surface area contributed by atoms with Gasteiger partial charge < -0.3 is 10.6 Å². The smallest absolute Gasteiger partial charge is 0.252 e. The van der Waals surface area contributed by atoms with Crippen LogP contribution in [0.15, 0.2) is 45.6 Å². The quantitative estimate of drug-likeness (QED) is 0.555. The summed E-state index contributed by atoms with van der Waals surface area (Å²) in [7, 11) is -0.383. The standard InChI is InChI=1S/C17H23FN4O2S2/c1-4-19-17(20-11-13-5-7-14(18)8-6-13)21-12-15-9-10-16(25-15)26(23,24)22(2)3/h5-10H,4,11-12H2,1-3H3,(H2,19,20,21). The molecule has 0 bridgehead atoms. The van der Waals surface area contributed by atoms with Crippen LogP contribution < -0.4 is 10.6 Å². The molecule has 0 aliphatic rings. The molecule has 0 unspecified atom stereocenters. The number of rotatable bonds is 7. The number of hydrogen-bond donors (Lipinski definition) is 2. The molecule has 0 saturated carbocycles. The molecule has 0 spiro atoms. The molecule has 6 nitrogen and oxygen atoms in total. The van der Waals surface area contributed by atoms with Crippen LogP contribution >= 0.6 is 11.3 Å². The minimum Gasteiger partial charge on any atom is -0.357 e. The summed E-state index contributed by atoms with van der Waals surface area (Å²) in [6, 6.07) is 9.60. The Balaban J connectivity index is 2.01. The molecule has 9 heteroatoms. The van der Waals surface area contributed by atoms with E-state index in [-0.39, 0.29) is 5.82 Å². The van der Waals surface area contributed by atoms with E-state index in [2.05, 4.69) is 15.6 Å². The molecule has 0 atom stereocenters. The van der Waals surface area contributed by atoms with Gasteiger partial charge in [-0.3, -0.25) is 0 Å². The zero-order valence-corrected chi connectivity index (χ0v) is 16.6. The molecule has 142 valence electrons. The van der Waals surface area contributed by atoms with Crippen LogP contribution in [0.2, 0.25) is 0 Å². The number of halogens is 1. The Labute approximate surface area is 157 Å². The van der Waals surface area contributed by atoms with Gasteiger partial charge in [-0.2, -0.15) is 0 Å². The Kier molecular flexibility index (Phi) is 7.13. The van der Waals surface area contributed by atoms with Crippen molar-refractivity contribution in [1.29, 1.82) is 0 Å². The van der Waals surface area contributed by atoms with Gasteiger partial charge in [0, 0.05) is 25.5 Å². The molecule has 0 aliphatic carbocycles.